The van der Waals surface area contributed by atoms with Gasteiger partial charge in [-0.25, -0.2) is 0 Å². The summed E-state index contributed by atoms with van der Waals surface area (Å²) in [6, 6.07) is 0. The fourth-order valence-electron chi connectivity index (χ4n) is 2.85. The van der Waals surface area contributed by atoms with E-state index in [0.29, 0.717) is 5.41 Å². The maximum Gasteiger partial charge on any atom is -0.0135 e. The second-order valence-corrected chi connectivity index (χ2v) is 6.22. The molecule has 0 bridgehead atoms. The quantitative estimate of drug-likeness (QED) is 0.578. The number of rotatable bonds is 4. The lowest BCUT2D eigenvalue weighted by atomic mass is 9.72. The highest BCUT2D eigenvalue weighted by atomic mass is 14.4. The molecule has 0 saturated heterocycles. The van der Waals surface area contributed by atoms with Crippen molar-refractivity contribution < 1.29 is 0 Å². The summed E-state index contributed by atoms with van der Waals surface area (Å²) < 4.78 is 0. The molecule has 2 aliphatic rings. The van der Waals surface area contributed by atoms with Crippen molar-refractivity contribution in [3.63, 3.8) is 0 Å². The lowest BCUT2D eigenvalue weighted by Gasteiger charge is -2.34. The Hall–Kier alpha value is -0.780. The summed E-state index contributed by atoms with van der Waals surface area (Å²) >= 11 is 0. The van der Waals surface area contributed by atoms with Crippen molar-refractivity contribution in [1.82, 2.24) is 0 Å². The summed E-state index contributed by atoms with van der Waals surface area (Å²) in [6.07, 6.45) is 9.64. The maximum atomic E-state index is 4.33. The summed E-state index contributed by atoms with van der Waals surface area (Å²) in [7, 11) is 0. The Bertz CT molecular complexity index is 337. The largest absolute Gasteiger partial charge is 0.103 e. The summed E-state index contributed by atoms with van der Waals surface area (Å²) in [6.45, 7) is 13.0. The molecule has 0 heteroatoms. The van der Waals surface area contributed by atoms with Crippen LogP contribution in [0.5, 0.6) is 0 Å². The molecule has 0 aromatic heterocycles. The molecule has 0 spiro atoms. The molecule has 1 saturated carbocycles. The number of allylic oxidation sites excluding steroid dienone is 4. The smallest absolute Gasteiger partial charge is 0.0135 e. The van der Waals surface area contributed by atoms with Crippen LogP contribution >= 0.6 is 0 Å². The van der Waals surface area contributed by atoms with Gasteiger partial charge in [0.05, 0.1) is 0 Å². The molecule has 1 fully saturated rings. The third-order valence-electron chi connectivity index (χ3n) is 4.02. The van der Waals surface area contributed by atoms with Gasteiger partial charge in [0, 0.05) is 0 Å². The normalized spacial score (nSPS) is 24.4. The Morgan fingerprint density at radius 2 is 2.12 bits per heavy atom. The zero-order chi connectivity index (χ0) is 11.8. The highest BCUT2D eigenvalue weighted by Gasteiger charge is 2.32. The Labute approximate surface area is 100 Å². The van der Waals surface area contributed by atoms with Crippen LogP contribution < -0.4 is 0 Å². The molecule has 0 N–H and O–H groups in total. The fraction of sp³-hybridized carbons (Fsp3) is 0.625. The molecular weight excluding hydrogens is 192 g/mol. The first-order chi connectivity index (χ1) is 7.53. The van der Waals surface area contributed by atoms with Crippen LogP contribution in [0.25, 0.3) is 0 Å². The zero-order valence-electron chi connectivity index (χ0n) is 10.8. The zero-order valence-corrected chi connectivity index (χ0v) is 10.8. The second kappa shape index (κ2) is 4.24. The predicted octanol–water partition coefficient (Wildman–Crippen LogP) is 5.04. The highest BCUT2D eigenvalue weighted by Crippen LogP contribution is 2.47. The van der Waals surface area contributed by atoms with E-state index in [2.05, 4.69) is 33.1 Å². The molecule has 0 amide bonds. The topological polar surface area (TPSA) is 0 Å². The van der Waals surface area contributed by atoms with Crippen LogP contribution in [0.3, 0.4) is 0 Å². The van der Waals surface area contributed by atoms with Crippen LogP contribution in [-0.4, -0.2) is 0 Å². The molecule has 88 valence electrons. The molecule has 0 aliphatic heterocycles. The average Bonchev–Trinajstić information content (AvgIpc) is 2.99. The minimum Gasteiger partial charge on any atom is -0.103 e. The number of hydrogen-bond acceptors (Lipinski definition) is 0. The van der Waals surface area contributed by atoms with Crippen molar-refractivity contribution in [2.24, 2.45) is 11.3 Å². The Balaban J connectivity index is 2.22. The Morgan fingerprint density at radius 3 is 2.69 bits per heavy atom. The minimum absolute atomic E-state index is 0.478. The Morgan fingerprint density at radius 1 is 1.44 bits per heavy atom. The first-order valence-corrected chi connectivity index (χ1v) is 6.54. The minimum atomic E-state index is 0.478. The molecule has 2 rings (SSSR count). The van der Waals surface area contributed by atoms with E-state index in [-0.39, 0.29) is 0 Å². The molecule has 0 nitrogen and oxygen atoms in total. The van der Waals surface area contributed by atoms with Crippen LogP contribution in [0.2, 0.25) is 0 Å². The van der Waals surface area contributed by atoms with Gasteiger partial charge in [0.2, 0.25) is 0 Å². The van der Waals surface area contributed by atoms with E-state index < -0.39 is 0 Å². The van der Waals surface area contributed by atoms with Gasteiger partial charge in [-0.05, 0) is 61.0 Å². The molecular formula is C16H24. The van der Waals surface area contributed by atoms with Crippen molar-refractivity contribution in [1.29, 1.82) is 0 Å². The van der Waals surface area contributed by atoms with Crippen LogP contribution in [0.15, 0.2) is 36.0 Å². The van der Waals surface area contributed by atoms with Crippen LogP contribution in [0.4, 0.5) is 0 Å². The van der Waals surface area contributed by atoms with Crippen LogP contribution in [0.1, 0.15) is 52.4 Å². The molecule has 16 heavy (non-hydrogen) atoms. The van der Waals surface area contributed by atoms with Crippen molar-refractivity contribution in [2.45, 2.75) is 52.4 Å². The summed E-state index contributed by atoms with van der Waals surface area (Å²) in [5.41, 5.74) is 5.14. The van der Waals surface area contributed by atoms with Crippen molar-refractivity contribution in [3.05, 3.63) is 36.0 Å². The van der Waals surface area contributed by atoms with Gasteiger partial charge in [-0.2, -0.15) is 0 Å². The van der Waals surface area contributed by atoms with Gasteiger partial charge in [0.1, 0.15) is 0 Å². The number of hydrogen-bond donors (Lipinski definition) is 0. The third-order valence-corrected chi connectivity index (χ3v) is 4.02. The predicted molar refractivity (Wildman–Crippen MR) is 71.3 cm³/mol. The third kappa shape index (κ3) is 2.48. The molecule has 0 radical (unpaired) electrons. The van der Waals surface area contributed by atoms with Gasteiger partial charge >= 0.3 is 0 Å². The van der Waals surface area contributed by atoms with Gasteiger partial charge in [-0.15, -0.1) is 6.58 Å². The van der Waals surface area contributed by atoms with Crippen LogP contribution in [0, 0.1) is 11.3 Å². The van der Waals surface area contributed by atoms with E-state index in [0.717, 1.165) is 12.3 Å². The molecule has 2 aliphatic carbocycles. The molecule has 0 aromatic rings. The van der Waals surface area contributed by atoms with E-state index in [9.17, 15) is 0 Å². The van der Waals surface area contributed by atoms with Crippen LogP contribution in [-0.2, 0) is 0 Å². The molecule has 0 unspecified atom stereocenters. The standard InChI is InChI=1S/C16H24/c1-5-6-14-11-16(3,4)10-9-15(14)12(2)13-7-8-13/h5,13H,1-2,6-11H2,3-4H3. The average molecular weight is 216 g/mol. The van der Waals surface area contributed by atoms with Gasteiger partial charge in [0.15, 0.2) is 0 Å². The lowest BCUT2D eigenvalue weighted by Crippen LogP contribution is -2.19. The maximum absolute atomic E-state index is 4.33. The van der Waals surface area contributed by atoms with Gasteiger partial charge < -0.3 is 0 Å². The summed E-state index contributed by atoms with van der Waals surface area (Å²) in [5.74, 6) is 0.816. The van der Waals surface area contributed by atoms with Crippen molar-refractivity contribution in [3.8, 4) is 0 Å². The van der Waals surface area contributed by atoms with Crippen molar-refractivity contribution >= 4 is 0 Å². The Kier molecular flexibility index (Phi) is 3.10. The van der Waals surface area contributed by atoms with E-state index in [1.807, 2.05) is 0 Å². The SMILES string of the molecule is C=CCC1=C(C(=C)C2CC2)CCC(C)(C)C1. The van der Waals surface area contributed by atoms with Crippen molar-refractivity contribution in [2.75, 3.05) is 0 Å². The first-order valence-electron chi connectivity index (χ1n) is 6.54. The summed E-state index contributed by atoms with van der Waals surface area (Å²) in [4.78, 5) is 0. The van der Waals surface area contributed by atoms with E-state index in [4.69, 9.17) is 0 Å². The fourth-order valence-corrected chi connectivity index (χ4v) is 2.85. The second-order valence-electron chi connectivity index (χ2n) is 6.22. The molecule has 0 heterocycles. The first kappa shape index (κ1) is 11.7. The molecule has 0 aromatic carbocycles. The van der Waals surface area contributed by atoms with Gasteiger partial charge in [-0.3, -0.25) is 0 Å². The molecule has 0 atom stereocenters. The summed E-state index contributed by atoms with van der Waals surface area (Å²) in [5, 5.41) is 0. The van der Waals surface area contributed by atoms with E-state index in [1.165, 1.54) is 37.7 Å². The van der Waals surface area contributed by atoms with E-state index >= 15 is 0 Å². The van der Waals surface area contributed by atoms with Gasteiger partial charge in [-0.1, -0.05) is 32.1 Å². The lowest BCUT2D eigenvalue weighted by molar-refractivity contribution is 0.312. The van der Waals surface area contributed by atoms with E-state index in [1.54, 1.807) is 11.1 Å². The monoisotopic (exact) mass is 216 g/mol. The van der Waals surface area contributed by atoms with Gasteiger partial charge in [0.25, 0.3) is 0 Å². The highest BCUT2D eigenvalue weighted by molar-refractivity contribution is 5.39.